The van der Waals surface area contributed by atoms with E-state index < -0.39 is 0 Å². The molecular weight excluding hydrogens is 346 g/mol. The fraction of sp³-hybridized carbons (Fsp3) is 0.200. The van der Waals surface area contributed by atoms with E-state index in [2.05, 4.69) is 6.58 Å². The van der Waals surface area contributed by atoms with Gasteiger partial charge in [-0.3, -0.25) is 14.5 Å². The molecule has 5 nitrogen and oxygen atoms in total. The third-order valence-electron chi connectivity index (χ3n) is 4.28. The van der Waals surface area contributed by atoms with Crippen LogP contribution < -0.4 is 4.90 Å². The lowest BCUT2D eigenvalue weighted by atomic mass is 10.2. The Morgan fingerprint density at radius 2 is 1.85 bits per heavy atom. The van der Waals surface area contributed by atoms with Crippen molar-refractivity contribution in [2.75, 3.05) is 19.0 Å². The monoisotopic (exact) mass is 367 g/mol. The maximum Gasteiger partial charge on any atom is 0.294 e. The highest BCUT2D eigenvalue weighted by atomic mass is 32.2. The van der Waals surface area contributed by atoms with Gasteiger partial charge in [0.1, 0.15) is 0 Å². The summed E-state index contributed by atoms with van der Waals surface area (Å²) >= 11 is 0.965. The predicted molar refractivity (Wildman–Crippen MR) is 108 cm³/mol. The molecule has 1 aromatic carbocycles. The van der Waals surface area contributed by atoms with Gasteiger partial charge in [-0.1, -0.05) is 6.08 Å². The Morgan fingerprint density at radius 3 is 2.46 bits per heavy atom. The van der Waals surface area contributed by atoms with E-state index in [0.29, 0.717) is 4.91 Å². The number of hydrogen-bond donors (Lipinski definition) is 0. The van der Waals surface area contributed by atoms with Crippen molar-refractivity contribution in [3.05, 3.63) is 65.8 Å². The number of hydrogen-bond acceptors (Lipinski definition) is 4. The minimum absolute atomic E-state index is 0.262. The lowest BCUT2D eigenvalue weighted by Crippen LogP contribution is -2.35. The van der Waals surface area contributed by atoms with E-state index in [1.165, 1.54) is 4.90 Å². The third kappa shape index (κ3) is 3.32. The maximum absolute atomic E-state index is 12.6. The Labute approximate surface area is 157 Å². The van der Waals surface area contributed by atoms with E-state index in [1.807, 2.05) is 66.2 Å². The molecular formula is C20H21N3O2S. The summed E-state index contributed by atoms with van der Waals surface area (Å²) in [6.45, 7) is 5.44. The van der Waals surface area contributed by atoms with Gasteiger partial charge in [0, 0.05) is 37.4 Å². The van der Waals surface area contributed by atoms with Gasteiger partial charge in [-0.05, 0) is 61.2 Å². The molecule has 0 bridgehead atoms. The van der Waals surface area contributed by atoms with Gasteiger partial charge >= 0.3 is 0 Å². The van der Waals surface area contributed by atoms with Crippen molar-refractivity contribution < 1.29 is 9.59 Å². The largest absolute Gasteiger partial charge is 0.378 e. The smallest absolute Gasteiger partial charge is 0.294 e. The first-order chi connectivity index (χ1) is 12.4. The number of carbonyl (C=O) groups is 2. The van der Waals surface area contributed by atoms with Crippen LogP contribution >= 0.6 is 11.8 Å². The van der Waals surface area contributed by atoms with Crippen LogP contribution in [-0.2, 0) is 4.79 Å². The van der Waals surface area contributed by atoms with Crippen LogP contribution in [0.3, 0.4) is 0 Å². The number of nitrogens with zero attached hydrogens (tertiary/aromatic N) is 3. The van der Waals surface area contributed by atoms with Crippen molar-refractivity contribution in [3.8, 4) is 5.69 Å². The average molecular weight is 367 g/mol. The molecule has 2 aromatic rings. The van der Waals surface area contributed by atoms with Crippen molar-refractivity contribution in [2.45, 2.75) is 13.0 Å². The number of amides is 2. The Morgan fingerprint density at radius 1 is 1.15 bits per heavy atom. The van der Waals surface area contributed by atoms with Crippen LogP contribution in [0.25, 0.3) is 11.8 Å². The van der Waals surface area contributed by atoms with E-state index >= 15 is 0 Å². The fourth-order valence-electron chi connectivity index (χ4n) is 2.73. The lowest BCUT2D eigenvalue weighted by molar-refractivity contribution is -0.123. The van der Waals surface area contributed by atoms with Crippen LogP contribution in [0.5, 0.6) is 0 Å². The van der Waals surface area contributed by atoms with E-state index in [0.717, 1.165) is 28.8 Å². The van der Waals surface area contributed by atoms with Gasteiger partial charge in [0.15, 0.2) is 0 Å². The zero-order chi connectivity index (χ0) is 18.8. The van der Waals surface area contributed by atoms with Crippen LogP contribution in [0.15, 0.2) is 60.2 Å². The first kappa shape index (κ1) is 18.1. The second-order valence-corrected chi connectivity index (χ2v) is 7.24. The van der Waals surface area contributed by atoms with Crippen molar-refractivity contribution >= 4 is 34.7 Å². The van der Waals surface area contributed by atoms with Crippen LogP contribution in [0.1, 0.15) is 12.6 Å². The van der Waals surface area contributed by atoms with Gasteiger partial charge in [-0.25, -0.2) is 0 Å². The second-order valence-electron chi connectivity index (χ2n) is 6.24. The van der Waals surface area contributed by atoms with Crippen LogP contribution in [-0.4, -0.2) is 40.8 Å². The zero-order valence-corrected chi connectivity index (χ0v) is 15.9. The van der Waals surface area contributed by atoms with E-state index in [9.17, 15) is 9.59 Å². The summed E-state index contributed by atoms with van der Waals surface area (Å²) in [4.78, 5) is 28.4. The molecule has 0 unspecified atom stereocenters. The van der Waals surface area contributed by atoms with Gasteiger partial charge in [-0.15, -0.1) is 6.58 Å². The molecule has 1 aliphatic rings. The molecule has 2 amide bonds. The normalized spacial score (nSPS) is 17.0. The number of imide groups is 1. The van der Waals surface area contributed by atoms with Gasteiger partial charge in [0.25, 0.3) is 11.1 Å². The van der Waals surface area contributed by atoms with Gasteiger partial charge in [-0.2, -0.15) is 0 Å². The Kier molecular flexibility index (Phi) is 5.04. The third-order valence-corrected chi connectivity index (χ3v) is 5.16. The maximum atomic E-state index is 12.6. The number of aromatic nitrogens is 1. The Bertz CT molecular complexity index is 881. The predicted octanol–water partition coefficient (Wildman–Crippen LogP) is 4.15. The molecule has 0 aliphatic carbocycles. The Balaban J connectivity index is 1.92. The van der Waals surface area contributed by atoms with Crippen molar-refractivity contribution in [2.24, 2.45) is 0 Å². The molecule has 2 heterocycles. The van der Waals surface area contributed by atoms with Crippen LogP contribution in [0, 0.1) is 0 Å². The molecule has 1 atom stereocenters. The molecule has 0 saturated carbocycles. The molecule has 1 saturated heterocycles. The molecule has 0 N–H and O–H groups in total. The highest BCUT2D eigenvalue weighted by Gasteiger charge is 2.37. The molecule has 1 aromatic heterocycles. The zero-order valence-electron chi connectivity index (χ0n) is 15.0. The van der Waals surface area contributed by atoms with Crippen LogP contribution in [0.4, 0.5) is 10.5 Å². The van der Waals surface area contributed by atoms with Gasteiger partial charge in [0.2, 0.25) is 0 Å². The Hall–Kier alpha value is -2.73. The molecule has 134 valence electrons. The minimum atomic E-state index is -0.321. The summed E-state index contributed by atoms with van der Waals surface area (Å²) in [6.07, 6.45) is 5.29. The fourth-order valence-corrected chi connectivity index (χ4v) is 3.63. The minimum Gasteiger partial charge on any atom is -0.378 e. The first-order valence-corrected chi connectivity index (χ1v) is 9.08. The van der Waals surface area contributed by atoms with Crippen molar-refractivity contribution in [1.29, 1.82) is 0 Å². The molecule has 1 aliphatic heterocycles. The van der Waals surface area contributed by atoms with Crippen LogP contribution in [0.2, 0.25) is 0 Å². The quantitative estimate of drug-likeness (QED) is 0.588. The summed E-state index contributed by atoms with van der Waals surface area (Å²) < 4.78 is 1.99. The summed E-state index contributed by atoms with van der Waals surface area (Å²) in [5, 5.41) is -0.262. The topological polar surface area (TPSA) is 45.6 Å². The molecule has 1 fully saturated rings. The summed E-state index contributed by atoms with van der Waals surface area (Å²) in [5.74, 6) is -0.275. The number of benzene rings is 1. The van der Waals surface area contributed by atoms with E-state index in [-0.39, 0.29) is 17.2 Å². The first-order valence-electron chi connectivity index (χ1n) is 8.27. The van der Waals surface area contributed by atoms with Crippen molar-refractivity contribution in [1.82, 2.24) is 9.47 Å². The highest BCUT2D eigenvalue weighted by Crippen LogP contribution is 2.34. The standard InChI is InChI=1S/C20H21N3O2S/c1-5-14(2)23-19(24)18(26-20(23)25)13-17-7-6-12-22(17)16-10-8-15(9-11-16)21(3)4/h5-14H,1H2,2-4H3/b18-13-/t14-/m1/s1. The number of thioether (sulfide) groups is 1. The summed E-state index contributed by atoms with van der Waals surface area (Å²) in [6, 6.07) is 11.7. The van der Waals surface area contributed by atoms with E-state index in [1.54, 1.807) is 19.1 Å². The molecule has 3 rings (SSSR count). The van der Waals surface area contributed by atoms with Gasteiger partial charge < -0.3 is 9.47 Å². The summed E-state index contributed by atoms with van der Waals surface area (Å²) in [7, 11) is 3.99. The molecule has 6 heteroatoms. The average Bonchev–Trinajstić information content (AvgIpc) is 3.19. The SMILES string of the molecule is C=C[C@@H](C)N1C(=O)S/C(=C\c2cccn2-c2ccc(N(C)C)cc2)C1=O. The highest BCUT2D eigenvalue weighted by molar-refractivity contribution is 8.18. The van der Waals surface area contributed by atoms with E-state index in [4.69, 9.17) is 0 Å². The molecule has 0 spiro atoms. The van der Waals surface area contributed by atoms with Crippen molar-refractivity contribution in [3.63, 3.8) is 0 Å². The molecule has 0 radical (unpaired) electrons. The number of rotatable bonds is 5. The summed E-state index contributed by atoms with van der Waals surface area (Å²) in [5.41, 5.74) is 2.95. The number of anilines is 1. The van der Waals surface area contributed by atoms with Gasteiger partial charge in [0.05, 0.1) is 10.9 Å². The second kappa shape index (κ2) is 7.25. The number of carbonyl (C=O) groups excluding carboxylic acids is 2. The molecule has 26 heavy (non-hydrogen) atoms. The lowest BCUT2D eigenvalue weighted by Gasteiger charge is -2.17.